The van der Waals surface area contributed by atoms with Crippen molar-refractivity contribution in [3.05, 3.63) is 144 Å². The zero-order valence-corrected chi connectivity index (χ0v) is 31.9. The Labute approximate surface area is 330 Å². The van der Waals surface area contributed by atoms with E-state index in [1.807, 2.05) is 24.5 Å². The molecule has 0 amide bonds. The van der Waals surface area contributed by atoms with Crippen LogP contribution in [0.25, 0.3) is 33.6 Å². The van der Waals surface area contributed by atoms with Crippen molar-refractivity contribution >= 4 is 12.6 Å². The number of nitrogens with one attached hydrogen (secondary N) is 2. The third kappa shape index (κ3) is 8.67. The van der Waals surface area contributed by atoms with Gasteiger partial charge in [-0.1, -0.05) is 109 Å². The number of aryl methyl sites for hydroxylation is 2. The van der Waals surface area contributed by atoms with Crippen LogP contribution in [-0.2, 0) is 22.4 Å². The molecule has 2 radical (unpaired) electrons. The Morgan fingerprint density at radius 1 is 0.554 bits per heavy atom. The molecular weight excluding hydrogens is 693 g/mol. The lowest BCUT2D eigenvalue weighted by Gasteiger charge is -2.31. The molecule has 0 bridgehead atoms. The molecule has 2 aliphatic rings. The lowest BCUT2D eigenvalue weighted by molar-refractivity contribution is 0.169. The molecule has 0 saturated carbocycles. The van der Waals surface area contributed by atoms with Crippen LogP contribution in [0, 0.1) is 0 Å². The van der Waals surface area contributed by atoms with E-state index in [2.05, 4.69) is 129 Å². The van der Waals surface area contributed by atoms with Crippen molar-refractivity contribution in [3.63, 3.8) is 0 Å². The summed E-state index contributed by atoms with van der Waals surface area (Å²) in [5.41, 5.74) is 9.08. The fourth-order valence-corrected chi connectivity index (χ4v) is 8.95. The number of aromatic nitrogens is 4. The largest absolute Gasteiger partial charge is 0.341 e. The quantitative estimate of drug-likeness (QED) is 0.0967. The molecule has 4 aromatic carbocycles. The average Bonchev–Trinajstić information content (AvgIpc) is 4.10. The number of rotatable bonds is 17. The minimum atomic E-state index is 0.147. The molecule has 2 aliphatic heterocycles. The first kappa shape index (κ1) is 37.5. The molecule has 0 aliphatic carbocycles. The number of hydrogen-bond acceptors (Lipinski definition) is 6. The lowest BCUT2D eigenvalue weighted by Crippen LogP contribution is -2.36. The molecule has 4 heterocycles. The minimum Gasteiger partial charge on any atom is -0.341 e. The van der Waals surface area contributed by atoms with Gasteiger partial charge in [0.15, 0.2) is 12.6 Å². The topological polar surface area (TPSA) is 98.0 Å². The van der Waals surface area contributed by atoms with Crippen LogP contribution in [0.1, 0.15) is 86.2 Å². The molecule has 284 valence electrons. The summed E-state index contributed by atoms with van der Waals surface area (Å²) < 4.78 is 0. The summed E-state index contributed by atoms with van der Waals surface area (Å²) >= 11 is 0. The number of likely N-dealkylation sites (tertiary alicyclic amines) is 2. The third-order valence-electron chi connectivity index (χ3n) is 11.9. The highest BCUT2D eigenvalue weighted by Gasteiger charge is 2.34. The highest BCUT2D eigenvalue weighted by atomic mass is 16.1. The predicted molar refractivity (Wildman–Crippen MR) is 222 cm³/mol. The molecule has 0 unspecified atom stereocenters. The lowest BCUT2D eigenvalue weighted by atomic mass is 10.0. The molecule has 2 N–H and O–H groups in total. The maximum absolute atomic E-state index is 11.6. The van der Waals surface area contributed by atoms with Crippen LogP contribution in [0.5, 0.6) is 0 Å². The van der Waals surface area contributed by atoms with Crippen molar-refractivity contribution in [2.75, 3.05) is 13.1 Å². The highest BCUT2D eigenvalue weighted by Crippen LogP contribution is 2.37. The van der Waals surface area contributed by atoms with Gasteiger partial charge in [0.05, 0.1) is 35.9 Å². The van der Waals surface area contributed by atoms with Gasteiger partial charge in [0, 0.05) is 24.9 Å². The van der Waals surface area contributed by atoms with E-state index < -0.39 is 0 Å². The fraction of sp³-hybridized carbons (Fsp3) is 0.333. The maximum atomic E-state index is 11.6. The van der Waals surface area contributed by atoms with E-state index in [0.717, 1.165) is 110 Å². The van der Waals surface area contributed by atoms with Gasteiger partial charge in [-0.05, 0) is 97.8 Å². The molecule has 2 fully saturated rings. The van der Waals surface area contributed by atoms with Gasteiger partial charge < -0.3 is 9.97 Å². The third-order valence-corrected chi connectivity index (χ3v) is 11.9. The first-order chi connectivity index (χ1) is 27.7. The van der Waals surface area contributed by atoms with Crippen LogP contribution >= 0.6 is 0 Å². The van der Waals surface area contributed by atoms with Gasteiger partial charge in [-0.15, -0.1) is 0 Å². The van der Waals surface area contributed by atoms with Crippen LogP contribution in [-0.4, -0.2) is 67.5 Å². The first-order valence-electron chi connectivity index (χ1n) is 20.3. The van der Waals surface area contributed by atoms with Crippen molar-refractivity contribution in [1.29, 1.82) is 0 Å². The van der Waals surface area contributed by atoms with Gasteiger partial charge in [0.2, 0.25) is 0 Å². The Kier molecular flexibility index (Phi) is 12.1. The number of benzene rings is 4. The molecule has 2 saturated heterocycles. The summed E-state index contributed by atoms with van der Waals surface area (Å²) in [6.07, 6.45) is 17.1. The Morgan fingerprint density at radius 3 is 1.34 bits per heavy atom. The van der Waals surface area contributed by atoms with Gasteiger partial charge in [-0.3, -0.25) is 19.4 Å². The van der Waals surface area contributed by atoms with E-state index in [0.29, 0.717) is 12.8 Å². The van der Waals surface area contributed by atoms with Crippen molar-refractivity contribution < 1.29 is 9.59 Å². The monoisotopic (exact) mass is 742 g/mol. The van der Waals surface area contributed by atoms with Crippen molar-refractivity contribution in [2.45, 2.75) is 88.4 Å². The van der Waals surface area contributed by atoms with Crippen LogP contribution < -0.4 is 0 Å². The number of imidazole rings is 2. The van der Waals surface area contributed by atoms with Crippen LogP contribution in [0.15, 0.2) is 122 Å². The number of carbonyl (C=O) groups excluding carboxylic acids is 2. The number of H-pyrrole nitrogens is 2. The van der Waals surface area contributed by atoms with E-state index in [9.17, 15) is 9.59 Å². The smallest absolute Gasteiger partial charge is 0.200 e. The van der Waals surface area contributed by atoms with E-state index in [4.69, 9.17) is 9.97 Å². The second-order valence-electron chi connectivity index (χ2n) is 15.4. The molecule has 4 atom stereocenters. The highest BCUT2D eigenvalue weighted by molar-refractivity contribution is 5.71. The summed E-state index contributed by atoms with van der Waals surface area (Å²) in [5, 5.41) is 0. The summed E-state index contributed by atoms with van der Waals surface area (Å²) in [4.78, 5) is 45.0. The molecule has 8 heteroatoms. The van der Waals surface area contributed by atoms with Crippen molar-refractivity contribution in [3.8, 4) is 33.6 Å². The van der Waals surface area contributed by atoms with Crippen molar-refractivity contribution in [2.24, 2.45) is 0 Å². The fourth-order valence-electron chi connectivity index (χ4n) is 8.95. The van der Waals surface area contributed by atoms with E-state index >= 15 is 0 Å². The summed E-state index contributed by atoms with van der Waals surface area (Å²) in [5.74, 6) is 1.94. The van der Waals surface area contributed by atoms with E-state index in [-0.39, 0.29) is 24.2 Å². The number of hydrogen-bond donors (Lipinski definition) is 2. The summed E-state index contributed by atoms with van der Waals surface area (Å²) in [6, 6.07) is 38.9. The predicted octanol–water partition coefficient (Wildman–Crippen LogP) is 9.41. The molecular formula is C48H50N6O2. The Bertz CT molecular complexity index is 1990. The standard InChI is InChI=1S/C48H50N6O2/c55-31-27-41(25-15-35-9-3-1-4-10-35)53-29-7-13-45(53)47-49-33-43(51-47)39-21-17-37(18-22-39)38-19-23-40(24-20-38)44-34-50-48(52-44)46-14-8-30-54(46)42(28-32-56)26-16-36-11-5-2-6-12-36/h1-6,9-12,17-24,33-34,41-42,45-46H,7-8,13-16,25-30H2,(H,49,51)(H,50,52)/t41-,42-,45+,46+/m1/s1. The SMILES string of the molecule is O=[C]C[C@@H](CCc1ccccc1)N1CCC[C@H]1c1ncc(-c2ccc(-c3ccc(-c4cnc([C@@H]5CCCN5[C@@H](C[C]=O)CCc5ccccc5)[nH]4)cc3)cc2)[nH]1. The normalized spacial score (nSPS) is 18.6. The molecule has 8 nitrogen and oxygen atoms in total. The van der Waals surface area contributed by atoms with Gasteiger partial charge >= 0.3 is 0 Å². The Morgan fingerprint density at radius 2 is 0.946 bits per heavy atom. The average molecular weight is 743 g/mol. The molecule has 0 spiro atoms. The second kappa shape index (κ2) is 18.0. The van der Waals surface area contributed by atoms with E-state index in [1.54, 1.807) is 0 Å². The molecule has 2 aromatic heterocycles. The zero-order valence-electron chi connectivity index (χ0n) is 31.9. The van der Waals surface area contributed by atoms with Gasteiger partial charge in [0.25, 0.3) is 0 Å². The van der Waals surface area contributed by atoms with Crippen LogP contribution in [0.4, 0.5) is 0 Å². The maximum Gasteiger partial charge on any atom is 0.200 e. The number of aromatic amines is 2. The van der Waals surface area contributed by atoms with Crippen LogP contribution in [0.2, 0.25) is 0 Å². The van der Waals surface area contributed by atoms with Gasteiger partial charge in [0.1, 0.15) is 11.6 Å². The van der Waals surface area contributed by atoms with Crippen molar-refractivity contribution in [1.82, 2.24) is 29.7 Å². The Balaban J connectivity index is 0.900. The van der Waals surface area contributed by atoms with Gasteiger partial charge in [-0.2, -0.15) is 0 Å². The Hall–Kier alpha value is -5.44. The minimum absolute atomic E-state index is 0.147. The zero-order chi connectivity index (χ0) is 38.1. The second-order valence-corrected chi connectivity index (χ2v) is 15.4. The van der Waals surface area contributed by atoms with E-state index in [1.165, 1.54) is 11.1 Å². The molecule has 6 aromatic rings. The number of nitrogens with zero attached hydrogens (tertiary/aromatic N) is 4. The molecule has 8 rings (SSSR count). The summed E-state index contributed by atoms with van der Waals surface area (Å²) in [6.45, 7) is 1.93. The summed E-state index contributed by atoms with van der Waals surface area (Å²) in [7, 11) is 0. The van der Waals surface area contributed by atoms with Crippen LogP contribution in [0.3, 0.4) is 0 Å². The first-order valence-corrected chi connectivity index (χ1v) is 20.3. The van der Waals surface area contributed by atoms with Gasteiger partial charge in [-0.25, -0.2) is 9.97 Å². The molecule has 56 heavy (non-hydrogen) atoms.